The fourth-order valence-corrected chi connectivity index (χ4v) is 2.29. The highest BCUT2D eigenvalue weighted by molar-refractivity contribution is 6.02. The maximum absolute atomic E-state index is 12.4. The molecule has 1 amide bonds. The summed E-state index contributed by atoms with van der Waals surface area (Å²) in [7, 11) is 1.27. The first-order valence-electron chi connectivity index (χ1n) is 8.32. The second-order valence-corrected chi connectivity index (χ2v) is 5.41. The minimum atomic E-state index is -2.97. The SMILES string of the molecule is CCOc1cc(/C=C/C(=O)Nc2cccc(C(=O)OC)c2)ccc1OC(F)F. The van der Waals surface area contributed by atoms with Gasteiger partial charge in [-0.15, -0.1) is 0 Å². The summed E-state index contributed by atoms with van der Waals surface area (Å²) in [6, 6.07) is 10.6. The zero-order valence-corrected chi connectivity index (χ0v) is 15.3. The Balaban J connectivity index is 2.09. The van der Waals surface area contributed by atoms with Gasteiger partial charge in [0.2, 0.25) is 5.91 Å². The normalized spacial score (nSPS) is 10.8. The molecular weight excluding hydrogens is 372 g/mol. The van der Waals surface area contributed by atoms with Crippen molar-refractivity contribution in [3.05, 3.63) is 59.7 Å². The Kier molecular flexibility index (Phi) is 7.50. The number of nitrogens with one attached hydrogen (secondary N) is 1. The molecule has 0 spiro atoms. The highest BCUT2D eigenvalue weighted by Gasteiger charge is 2.11. The standard InChI is InChI=1S/C20H19F2NO5/c1-3-27-17-11-13(7-9-16(17)28-20(21)22)8-10-18(24)23-15-6-4-5-14(12-15)19(25)26-2/h4-12,20H,3H2,1-2H3,(H,23,24)/b10-8+. The molecule has 2 aromatic rings. The van der Waals surface area contributed by atoms with Crippen LogP contribution in [0.1, 0.15) is 22.8 Å². The van der Waals surface area contributed by atoms with Crippen LogP contribution >= 0.6 is 0 Å². The van der Waals surface area contributed by atoms with Crippen molar-refractivity contribution < 1.29 is 32.6 Å². The molecule has 0 atom stereocenters. The number of anilines is 1. The fourth-order valence-electron chi connectivity index (χ4n) is 2.29. The van der Waals surface area contributed by atoms with E-state index in [1.165, 1.54) is 43.5 Å². The Morgan fingerprint density at radius 2 is 1.93 bits per heavy atom. The van der Waals surface area contributed by atoms with Crippen molar-refractivity contribution in [3.8, 4) is 11.5 Å². The number of rotatable bonds is 8. The average molecular weight is 391 g/mol. The minimum absolute atomic E-state index is 0.0851. The van der Waals surface area contributed by atoms with Crippen LogP contribution in [0.5, 0.6) is 11.5 Å². The van der Waals surface area contributed by atoms with Crippen LogP contribution in [-0.4, -0.2) is 32.2 Å². The molecule has 2 aromatic carbocycles. The predicted octanol–water partition coefficient (Wildman–Crippen LogP) is 4.13. The highest BCUT2D eigenvalue weighted by atomic mass is 19.3. The van der Waals surface area contributed by atoms with Crippen molar-refractivity contribution in [2.45, 2.75) is 13.5 Å². The van der Waals surface area contributed by atoms with Gasteiger partial charge in [0, 0.05) is 11.8 Å². The highest BCUT2D eigenvalue weighted by Crippen LogP contribution is 2.30. The van der Waals surface area contributed by atoms with E-state index in [4.69, 9.17) is 4.74 Å². The molecule has 6 nitrogen and oxygen atoms in total. The van der Waals surface area contributed by atoms with Crippen molar-refractivity contribution in [2.75, 3.05) is 19.0 Å². The van der Waals surface area contributed by atoms with Crippen LogP contribution in [0.3, 0.4) is 0 Å². The predicted molar refractivity (Wildman–Crippen MR) is 99.7 cm³/mol. The Morgan fingerprint density at radius 3 is 2.61 bits per heavy atom. The molecule has 0 heterocycles. The summed E-state index contributed by atoms with van der Waals surface area (Å²) < 4.78 is 39.2. The van der Waals surface area contributed by atoms with Crippen LogP contribution in [0, 0.1) is 0 Å². The second kappa shape index (κ2) is 10.1. The van der Waals surface area contributed by atoms with Gasteiger partial charge in [-0.05, 0) is 48.9 Å². The van der Waals surface area contributed by atoms with Crippen molar-refractivity contribution in [1.29, 1.82) is 0 Å². The summed E-state index contributed by atoms with van der Waals surface area (Å²) in [6.07, 6.45) is 2.76. The van der Waals surface area contributed by atoms with E-state index in [-0.39, 0.29) is 18.1 Å². The number of hydrogen-bond donors (Lipinski definition) is 1. The van der Waals surface area contributed by atoms with E-state index < -0.39 is 18.5 Å². The molecule has 0 radical (unpaired) electrons. The molecule has 0 unspecified atom stereocenters. The van der Waals surface area contributed by atoms with Gasteiger partial charge in [-0.3, -0.25) is 4.79 Å². The van der Waals surface area contributed by atoms with Crippen molar-refractivity contribution in [2.24, 2.45) is 0 Å². The number of hydrogen-bond acceptors (Lipinski definition) is 5. The molecule has 0 aromatic heterocycles. The third kappa shape index (κ3) is 6.08. The van der Waals surface area contributed by atoms with Gasteiger partial charge >= 0.3 is 12.6 Å². The molecule has 2 rings (SSSR count). The minimum Gasteiger partial charge on any atom is -0.490 e. The monoisotopic (exact) mass is 391 g/mol. The number of esters is 1. The van der Waals surface area contributed by atoms with Crippen LogP contribution in [0.15, 0.2) is 48.5 Å². The number of benzene rings is 2. The van der Waals surface area contributed by atoms with Crippen molar-refractivity contribution >= 4 is 23.6 Å². The quantitative estimate of drug-likeness (QED) is 0.541. The van der Waals surface area contributed by atoms with Crippen LogP contribution in [0.25, 0.3) is 6.08 Å². The van der Waals surface area contributed by atoms with E-state index >= 15 is 0 Å². The zero-order valence-electron chi connectivity index (χ0n) is 15.3. The maximum atomic E-state index is 12.4. The molecule has 0 saturated carbocycles. The molecule has 0 aliphatic rings. The Labute approximate surface area is 160 Å². The molecule has 1 N–H and O–H groups in total. The summed E-state index contributed by atoms with van der Waals surface area (Å²) in [5.41, 5.74) is 1.29. The number of carbonyl (C=O) groups is 2. The van der Waals surface area contributed by atoms with Gasteiger partial charge < -0.3 is 19.5 Å². The molecule has 0 aliphatic carbocycles. The van der Waals surface area contributed by atoms with Gasteiger partial charge in [0.05, 0.1) is 19.3 Å². The molecule has 0 bridgehead atoms. The van der Waals surface area contributed by atoms with Crippen LogP contribution < -0.4 is 14.8 Å². The van der Waals surface area contributed by atoms with Crippen LogP contribution in [-0.2, 0) is 9.53 Å². The maximum Gasteiger partial charge on any atom is 0.387 e. The molecule has 8 heteroatoms. The summed E-state index contributed by atoms with van der Waals surface area (Å²) >= 11 is 0. The van der Waals surface area contributed by atoms with E-state index in [0.717, 1.165) is 0 Å². The van der Waals surface area contributed by atoms with Gasteiger partial charge in [-0.2, -0.15) is 8.78 Å². The lowest BCUT2D eigenvalue weighted by Gasteiger charge is -2.11. The number of amides is 1. The summed E-state index contributed by atoms with van der Waals surface area (Å²) in [5, 5.41) is 2.62. The molecule has 0 fully saturated rings. The fraction of sp³-hybridized carbons (Fsp3) is 0.200. The topological polar surface area (TPSA) is 73.9 Å². The molecule has 28 heavy (non-hydrogen) atoms. The van der Waals surface area contributed by atoms with Crippen LogP contribution in [0.2, 0.25) is 0 Å². The Morgan fingerprint density at radius 1 is 1.14 bits per heavy atom. The molecule has 0 saturated heterocycles. The van der Waals surface area contributed by atoms with E-state index in [1.807, 2.05) is 0 Å². The van der Waals surface area contributed by atoms with Crippen LogP contribution in [0.4, 0.5) is 14.5 Å². The Hall–Kier alpha value is -3.42. The number of halogens is 2. The lowest BCUT2D eigenvalue weighted by Crippen LogP contribution is -2.09. The lowest BCUT2D eigenvalue weighted by atomic mass is 10.1. The third-order valence-electron chi connectivity index (χ3n) is 3.46. The number of methoxy groups -OCH3 is 1. The zero-order chi connectivity index (χ0) is 20.5. The number of alkyl halides is 2. The molecule has 0 aliphatic heterocycles. The van der Waals surface area contributed by atoms with E-state index in [1.54, 1.807) is 25.1 Å². The lowest BCUT2D eigenvalue weighted by molar-refractivity contribution is -0.111. The van der Waals surface area contributed by atoms with Gasteiger partial charge in [0.25, 0.3) is 0 Å². The third-order valence-corrected chi connectivity index (χ3v) is 3.46. The summed E-state index contributed by atoms with van der Waals surface area (Å²) in [5.74, 6) is -0.886. The average Bonchev–Trinajstić information content (AvgIpc) is 2.67. The van der Waals surface area contributed by atoms with Gasteiger partial charge in [0.15, 0.2) is 11.5 Å². The van der Waals surface area contributed by atoms with Crippen molar-refractivity contribution in [1.82, 2.24) is 0 Å². The number of carbonyl (C=O) groups excluding carboxylic acids is 2. The number of ether oxygens (including phenoxy) is 3. The van der Waals surface area contributed by atoms with E-state index in [9.17, 15) is 18.4 Å². The largest absolute Gasteiger partial charge is 0.490 e. The van der Waals surface area contributed by atoms with Gasteiger partial charge in [0.1, 0.15) is 0 Å². The first kappa shape index (κ1) is 20.9. The summed E-state index contributed by atoms with van der Waals surface area (Å²) in [4.78, 5) is 23.6. The first-order chi connectivity index (χ1) is 13.4. The molecular formula is C20H19F2NO5. The molecule has 148 valence electrons. The van der Waals surface area contributed by atoms with Crippen molar-refractivity contribution in [3.63, 3.8) is 0 Å². The summed E-state index contributed by atoms with van der Waals surface area (Å²) in [6.45, 7) is -0.985. The van der Waals surface area contributed by atoms with E-state index in [2.05, 4.69) is 14.8 Å². The Bertz CT molecular complexity index is 867. The first-order valence-corrected chi connectivity index (χ1v) is 8.32. The smallest absolute Gasteiger partial charge is 0.387 e. The second-order valence-electron chi connectivity index (χ2n) is 5.41. The van der Waals surface area contributed by atoms with E-state index in [0.29, 0.717) is 16.8 Å². The van der Waals surface area contributed by atoms with Gasteiger partial charge in [-0.25, -0.2) is 4.79 Å². The van der Waals surface area contributed by atoms with Gasteiger partial charge in [-0.1, -0.05) is 12.1 Å².